The van der Waals surface area contributed by atoms with Crippen molar-refractivity contribution < 1.29 is 13.2 Å². The average Bonchev–Trinajstić information content (AvgIpc) is 2.27. The van der Waals surface area contributed by atoms with E-state index in [4.69, 9.17) is 0 Å². The van der Waals surface area contributed by atoms with Crippen molar-refractivity contribution in [1.29, 1.82) is 0 Å². The molecule has 4 nitrogen and oxygen atoms in total. The van der Waals surface area contributed by atoms with Gasteiger partial charge in [0, 0.05) is 17.6 Å². The lowest BCUT2D eigenvalue weighted by molar-refractivity contribution is -0.121. The number of carbonyl (C=O) groups is 1. The Bertz CT molecular complexity index is 369. The van der Waals surface area contributed by atoms with Crippen LogP contribution in [0.3, 0.4) is 0 Å². The average molecular weight is 326 g/mol. The Morgan fingerprint density at radius 1 is 1.41 bits per heavy atom. The van der Waals surface area contributed by atoms with Crippen LogP contribution in [0.1, 0.15) is 32.6 Å². The first kappa shape index (κ1) is 15.0. The maximum Gasteiger partial charge on any atom is 0.238 e. The molecule has 0 radical (unpaired) electrons. The van der Waals surface area contributed by atoms with Gasteiger partial charge in [-0.25, -0.2) is 8.42 Å². The highest BCUT2D eigenvalue weighted by atomic mass is 79.9. The molecule has 6 heteroatoms. The first-order valence-electron chi connectivity index (χ1n) is 5.91. The number of sulfone groups is 1. The minimum Gasteiger partial charge on any atom is -0.352 e. The highest BCUT2D eigenvalue weighted by molar-refractivity contribution is 9.09. The number of halogens is 1. The number of alkyl halides is 1. The second-order valence-corrected chi connectivity index (χ2v) is 7.80. The lowest BCUT2D eigenvalue weighted by Crippen LogP contribution is -2.47. The van der Waals surface area contributed by atoms with E-state index in [-0.39, 0.29) is 11.9 Å². The maximum atomic E-state index is 11.8. The van der Waals surface area contributed by atoms with Crippen molar-refractivity contribution in [3.63, 3.8) is 0 Å². The molecule has 0 saturated heterocycles. The Balaban J connectivity index is 2.61. The smallest absolute Gasteiger partial charge is 0.238 e. The molecule has 3 unspecified atom stereocenters. The summed E-state index contributed by atoms with van der Waals surface area (Å²) in [7, 11) is -3.30. The first-order chi connectivity index (χ1) is 7.86. The van der Waals surface area contributed by atoms with Gasteiger partial charge in [0.1, 0.15) is 5.25 Å². The number of rotatable bonds is 4. The van der Waals surface area contributed by atoms with Crippen LogP contribution in [0, 0.1) is 5.92 Å². The molecular formula is C11H20BrNO3S. The molecule has 0 bridgehead atoms. The molecule has 1 rings (SSSR count). The quantitative estimate of drug-likeness (QED) is 0.796. The summed E-state index contributed by atoms with van der Waals surface area (Å²) in [5.41, 5.74) is 0. The van der Waals surface area contributed by atoms with Crippen molar-refractivity contribution in [3.8, 4) is 0 Å². The van der Waals surface area contributed by atoms with Crippen molar-refractivity contribution in [1.82, 2.24) is 5.32 Å². The van der Waals surface area contributed by atoms with Gasteiger partial charge in [-0.05, 0) is 25.7 Å². The minimum absolute atomic E-state index is 0.111. The summed E-state index contributed by atoms with van der Waals surface area (Å²) in [5, 5.41) is 2.77. The SMILES string of the molecule is CC(C(=O)NC1CCCCC1CBr)S(C)(=O)=O. The van der Waals surface area contributed by atoms with Crippen LogP contribution in [-0.4, -0.2) is 37.2 Å². The van der Waals surface area contributed by atoms with Gasteiger partial charge in [-0.1, -0.05) is 28.8 Å². The predicted octanol–water partition coefficient (Wildman–Crippen LogP) is 1.49. The Hall–Kier alpha value is -0.100. The molecule has 1 saturated carbocycles. The van der Waals surface area contributed by atoms with Crippen molar-refractivity contribution in [2.75, 3.05) is 11.6 Å². The molecule has 0 spiro atoms. The highest BCUT2D eigenvalue weighted by Crippen LogP contribution is 2.26. The zero-order valence-corrected chi connectivity index (χ0v) is 12.7. The molecular weight excluding hydrogens is 306 g/mol. The summed E-state index contributed by atoms with van der Waals surface area (Å²) in [6, 6.07) is 0.111. The molecule has 100 valence electrons. The largest absolute Gasteiger partial charge is 0.352 e. The van der Waals surface area contributed by atoms with Crippen LogP contribution in [0.15, 0.2) is 0 Å². The Morgan fingerprint density at radius 2 is 2.00 bits per heavy atom. The van der Waals surface area contributed by atoms with E-state index in [2.05, 4.69) is 21.2 Å². The zero-order chi connectivity index (χ0) is 13.1. The van der Waals surface area contributed by atoms with Gasteiger partial charge in [0.05, 0.1) is 0 Å². The van der Waals surface area contributed by atoms with Gasteiger partial charge in [0.25, 0.3) is 0 Å². The van der Waals surface area contributed by atoms with Crippen LogP contribution in [0.2, 0.25) is 0 Å². The van der Waals surface area contributed by atoms with E-state index in [9.17, 15) is 13.2 Å². The van der Waals surface area contributed by atoms with Gasteiger partial charge < -0.3 is 5.32 Å². The minimum atomic E-state index is -3.30. The second-order valence-electron chi connectivity index (χ2n) is 4.79. The molecule has 0 aliphatic heterocycles. The van der Waals surface area contributed by atoms with Crippen molar-refractivity contribution in [3.05, 3.63) is 0 Å². The summed E-state index contributed by atoms with van der Waals surface area (Å²) in [4.78, 5) is 11.8. The lowest BCUT2D eigenvalue weighted by atomic mass is 9.86. The topological polar surface area (TPSA) is 63.2 Å². The van der Waals surface area contributed by atoms with E-state index < -0.39 is 15.1 Å². The van der Waals surface area contributed by atoms with Crippen LogP contribution in [-0.2, 0) is 14.6 Å². The van der Waals surface area contributed by atoms with Gasteiger partial charge in [0.2, 0.25) is 5.91 Å². The summed E-state index contributed by atoms with van der Waals surface area (Å²) >= 11 is 3.45. The van der Waals surface area contributed by atoms with Crippen LogP contribution in [0.5, 0.6) is 0 Å². The second kappa shape index (κ2) is 6.18. The third-order valence-corrected chi connectivity index (χ3v) is 5.78. The molecule has 0 aromatic carbocycles. The van der Waals surface area contributed by atoms with Crippen molar-refractivity contribution >= 4 is 31.7 Å². The summed E-state index contributed by atoms with van der Waals surface area (Å²) in [6.45, 7) is 1.44. The fourth-order valence-corrected chi connectivity index (χ4v) is 3.31. The summed E-state index contributed by atoms with van der Waals surface area (Å²) in [6.07, 6.45) is 5.41. The van der Waals surface area contributed by atoms with Crippen LogP contribution in [0.25, 0.3) is 0 Å². The Morgan fingerprint density at radius 3 is 2.53 bits per heavy atom. The Kier molecular flexibility index (Phi) is 5.44. The monoisotopic (exact) mass is 325 g/mol. The van der Waals surface area contributed by atoms with Gasteiger partial charge >= 0.3 is 0 Å². The van der Waals surface area contributed by atoms with Crippen molar-refractivity contribution in [2.24, 2.45) is 5.92 Å². The number of nitrogens with one attached hydrogen (secondary N) is 1. The van der Waals surface area contributed by atoms with Crippen molar-refractivity contribution in [2.45, 2.75) is 43.9 Å². The molecule has 0 heterocycles. The fraction of sp³-hybridized carbons (Fsp3) is 0.909. The standard InChI is InChI=1S/C11H20BrNO3S/c1-8(17(2,15)16)11(14)13-10-6-4-3-5-9(10)7-12/h8-10H,3-7H2,1-2H3,(H,13,14). The molecule has 1 aliphatic rings. The number of carbonyl (C=O) groups excluding carboxylic acids is 1. The van der Waals surface area contributed by atoms with E-state index in [0.717, 1.165) is 30.8 Å². The van der Waals surface area contributed by atoms with Gasteiger partial charge in [0.15, 0.2) is 9.84 Å². The van der Waals surface area contributed by atoms with Gasteiger partial charge in [-0.15, -0.1) is 0 Å². The molecule has 1 fully saturated rings. The zero-order valence-electron chi connectivity index (χ0n) is 10.3. The molecule has 1 aliphatic carbocycles. The van der Waals surface area contributed by atoms with E-state index in [1.54, 1.807) is 0 Å². The van der Waals surface area contributed by atoms with E-state index in [0.29, 0.717) is 5.92 Å². The molecule has 17 heavy (non-hydrogen) atoms. The van der Waals surface area contributed by atoms with Crippen LogP contribution in [0.4, 0.5) is 0 Å². The molecule has 0 aromatic heterocycles. The highest BCUT2D eigenvalue weighted by Gasteiger charge is 2.30. The molecule has 0 aromatic rings. The number of amides is 1. The third kappa shape index (κ3) is 4.25. The summed E-state index contributed by atoms with van der Waals surface area (Å²) < 4.78 is 22.6. The number of hydrogen-bond acceptors (Lipinski definition) is 3. The van der Waals surface area contributed by atoms with Crippen LogP contribution < -0.4 is 5.32 Å². The molecule has 3 atom stereocenters. The fourth-order valence-electron chi connectivity index (χ4n) is 2.08. The lowest BCUT2D eigenvalue weighted by Gasteiger charge is -2.31. The molecule has 1 N–H and O–H groups in total. The van der Waals surface area contributed by atoms with E-state index in [1.807, 2.05) is 0 Å². The first-order valence-corrected chi connectivity index (χ1v) is 8.99. The normalized spacial score (nSPS) is 27.5. The number of hydrogen-bond donors (Lipinski definition) is 1. The van der Waals surface area contributed by atoms with Gasteiger partial charge in [-0.3, -0.25) is 4.79 Å². The van der Waals surface area contributed by atoms with E-state index in [1.165, 1.54) is 13.3 Å². The van der Waals surface area contributed by atoms with Crippen LogP contribution >= 0.6 is 15.9 Å². The summed E-state index contributed by atoms with van der Waals surface area (Å²) in [5.74, 6) is 0.0461. The predicted molar refractivity (Wildman–Crippen MR) is 72.0 cm³/mol. The van der Waals surface area contributed by atoms with E-state index >= 15 is 0 Å². The molecule has 1 amide bonds. The van der Waals surface area contributed by atoms with Gasteiger partial charge in [-0.2, -0.15) is 0 Å². The Labute approximate surface area is 112 Å². The third-order valence-electron chi connectivity index (χ3n) is 3.45. The maximum absolute atomic E-state index is 11.8.